The molecule has 0 bridgehead atoms. The standard InChI is InChI=1S/C21H30N4O/c1-2-22-21(24-19-8-4-5-9-19)23-16-17-10-12-18(13-11-17)20(26)25-14-6-3-7-15-25/h4-5,10-13,19H,2-3,6-9,14-16H2,1H3,(H2,22,23,24). The van der Waals surface area contributed by atoms with Gasteiger partial charge in [-0.25, -0.2) is 4.99 Å². The lowest BCUT2D eigenvalue weighted by atomic mass is 10.1. The lowest BCUT2D eigenvalue weighted by Gasteiger charge is -2.26. The number of hydrogen-bond donors (Lipinski definition) is 2. The molecule has 1 fully saturated rings. The van der Waals surface area contributed by atoms with Crippen molar-refractivity contribution >= 4 is 11.9 Å². The minimum Gasteiger partial charge on any atom is -0.357 e. The van der Waals surface area contributed by atoms with E-state index in [1.807, 2.05) is 29.2 Å². The molecule has 0 aromatic heterocycles. The predicted octanol–water partition coefficient (Wildman–Crippen LogP) is 3.09. The van der Waals surface area contributed by atoms with E-state index in [1.165, 1.54) is 6.42 Å². The lowest BCUT2D eigenvalue weighted by Crippen LogP contribution is -2.42. The van der Waals surface area contributed by atoms with Crippen LogP contribution in [0.2, 0.25) is 0 Å². The number of rotatable bonds is 5. The molecule has 3 rings (SSSR count). The third-order valence-electron chi connectivity index (χ3n) is 4.96. The van der Waals surface area contributed by atoms with Crippen molar-refractivity contribution in [1.82, 2.24) is 15.5 Å². The molecule has 26 heavy (non-hydrogen) atoms. The summed E-state index contributed by atoms with van der Waals surface area (Å²) >= 11 is 0. The molecule has 5 nitrogen and oxygen atoms in total. The summed E-state index contributed by atoms with van der Waals surface area (Å²) in [5.41, 5.74) is 1.89. The van der Waals surface area contributed by atoms with Crippen LogP contribution >= 0.6 is 0 Å². The summed E-state index contributed by atoms with van der Waals surface area (Å²) < 4.78 is 0. The van der Waals surface area contributed by atoms with Gasteiger partial charge >= 0.3 is 0 Å². The highest BCUT2D eigenvalue weighted by Gasteiger charge is 2.17. The van der Waals surface area contributed by atoms with Crippen molar-refractivity contribution < 1.29 is 4.79 Å². The number of guanidine groups is 1. The first-order valence-electron chi connectivity index (χ1n) is 9.84. The van der Waals surface area contributed by atoms with Gasteiger partial charge in [-0.1, -0.05) is 24.3 Å². The predicted molar refractivity (Wildman–Crippen MR) is 106 cm³/mol. The van der Waals surface area contributed by atoms with Gasteiger partial charge in [0.05, 0.1) is 6.54 Å². The van der Waals surface area contributed by atoms with Gasteiger partial charge in [0.25, 0.3) is 5.91 Å². The average molecular weight is 354 g/mol. The molecule has 0 radical (unpaired) electrons. The second-order valence-electron chi connectivity index (χ2n) is 7.03. The molecule has 2 N–H and O–H groups in total. The van der Waals surface area contributed by atoms with Crippen molar-refractivity contribution in [3.63, 3.8) is 0 Å². The van der Waals surface area contributed by atoms with E-state index in [0.29, 0.717) is 12.6 Å². The number of benzene rings is 1. The van der Waals surface area contributed by atoms with E-state index in [4.69, 9.17) is 0 Å². The van der Waals surface area contributed by atoms with Crippen LogP contribution in [0.25, 0.3) is 0 Å². The summed E-state index contributed by atoms with van der Waals surface area (Å²) in [6.45, 7) is 5.30. The zero-order chi connectivity index (χ0) is 18.2. The van der Waals surface area contributed by atoms with Crippen molar-refractivity contribution in [3.05, 3.63) is 47.5 Å². The number of carbonyl (C=O) groups is 1. The van der Waals surface area contributed by atoms with Crippen molar-refractivity contribution in [2.45, 2.75) is 51.6 Å². The summed E-state index contributed by atoms with van der Waals surface area (Å²) in [6, 6.07) is 8.34. The molecule has 140 valence electrons. The van der Waals surface area contributed by atoms with Gasteiger partial charge in [-0.3, -0.25) is 4.79 Å². The zero-order valence-electron chi connectivity index (χ0n) is 15.7. The van der Waals surface area contributed by atoms with Crippen molar-refractivity contribution in [2.24, 2.45) is 4.99 Å². The van der Waals surface area contributed by atoms with Crippen LogP contribution in [0.5, 0.6) is 0 Å². The third-order valence-corrected chi connectivity index (χ3v) is 4.96. The fourth-order valence-corrected chi connectivity index (χ4v) is 3.45. The number of nitrogens with zero attached hydrogens (tertiary/aromatic N) is 2. The van der Waals surface area contributed by atoms with E-state index in [0.717, 1.165) is 62.4 Å². The van der Waals surface area contributed by atoms with Gasteiger partial charge in [0, 0.05) is 31.2 Å². The van der Waals surface area contributed by atoms with Gasteiger partial charge in [0.1, 0.15) is 0 Å². The molecule has 0 spiro atoms. The quantitative estimate of drug-likeness (QED) is 0.485. The zero-order valence-corrected chi connectivity index (χ0v) is 15.7. The summed E-state index contributed by atoms with van der Waals surface area (Å²) in [7, 11) is 0. The Morgan fingerprint density at radius 3 is 2.46 bits per heavy atom. The molecule has 0 atom stereocenters. The van der Waals surface area contributed by atoms with Crippen molar-refractivity contribution in [1.29, 1.82) is 0 Å². The Labute approximate surface area is 156 Å². The Bertz CT molecular complexity index is 636. The van der Waals surface area contributed by atoms with Crippen molar-refractivity contribution in [2.75, 3.05) is 19.6 Å². The Morgan fingerprint density at radius 2 is 1.81 bits per heavy atom. The number of carbonyl (C=O) groups excluding carboxylic acids is 1. The van der Waals surface area contributed by atoms with E-state index < -0.39 is 0 Å². The molecule has 1 aromatic rings. The summed E-state index contributed by atoms with van der Waals surface area (Å²) in [5.74, 6) is 1.01. The van der Waals surface area contributed by atoms with Gasteiger partial charge in [-0.2, -0.15) is 0 Å². The highest BCUT2D eigenvalue weighted by atomic mass is 16.2. The fraction of sp³-hybridized carbons (Fsp3) is 0.524. The highest BCUT2D eigenvalue weighted by Crippen LogP contribution is 2.14. The highest BCUT2D eigenvalue weighted by molar-refractivity contribution is 5.94. The molecular weight excluding hydrogens is 324 g/mol. The molecule has 0 unspecified atom stereocenters. The van der Waals surface area contributed by atoms with Gasteiger partial charge in [-0.05, 0) is 56.7 Å². The van der Waals surface area contributed by atoms with Crippen LogP contribution in [0.1, 0.15) is 54.9 Å². The van der Waals surface area contributed by atoms with Gasteiger partial charge in [0.15, 0.2) is 5.96 Å². The van der Waals surface area contributed by atoms with Gasteiger partial charge in [0.2, 0.25) is 0 Å². The largest absolute Gasteiger partial charge is 0.357 e. The van der Waals surface area contributed by atoms with E-state index in [9.17, 15) is 4.79 Å². The number of hydrogen-bond acceptors (Lipinski definition) is 2. The number of aliphatic imine (C=N–C) groups is 1. The Morgan fingerprint density at radius 1 is 1.12 bits per heavy atom. The van der Waals surface area contributed by atoms with Crippen LogP contribution < -0.4 is 10.6 Å². The molecular formula is C21H30N4O. The normalized spacial score (nSPS) is 18.2. The van der Waals surface area contributed by atoms with Crippen LogP contribution in [0.4, 0.5) is 0 Å². The van der Waals surface area contributed by atoms with Crippen LogP contribution in [0, 0.1) is 0 Å². The van der Waals surface area contributed by atoms with Crippen molar-refractivity contribution in [3.8, 4) is 0 Å². The van der Waals surface area contributed by atoms with Crippen LogP contribution in [-0.4, -0.2) is 42.4 Å². The maximum Gasteiger partial charge on any atom is 0.253 e. The number of nitrogens with one attached hydrogen (secondary N) is 2. The van der Waals surface area contributed by atoms with Gasteiger partial charge in [-0.15, -0.1) is 0 Å². The molecule has 5 heteroatoms. The summed E-state index contributed by atoms with van der Waals surface area (Å²) in [6.07, 6.45) is 10.00. The van der Waals surface area contributed by atoms with E-state index in [-0.39, 0.29) is 5.91 Å². The number of likely N-dealkylation sites (tertiary alicyclic amines) is 1. The molecule has 1 aliphatic carbocycles. The summed E-state index contributed by atoms with van der Waals surface area (Å²) in [5, 5.41) is 6.78. The second-order valence-corrected chi connectivity index (χ2v) is 7.03. The van der Waals surface area contributed by atoms with Crippen LogP contribution in [-0.2, 0) is 6.54 Å². The SMILES string of the molecule is CCNC(=NCc1ccc(C(=O)N2CCCCC2)cc1)NC1CC=CC1. The molecule has 0 saturated carbocycles. The van der Waals surface area contributed by atoms with Gasteiger partial charge < -0.3 is 15.5 Å². The minimum atomic E-state index is 0.156. The maximum atomic E-state index is 12.5. The second kappa shape index (κ2) is 9.41. The first-order chi connectivity index (χ1) is 12.8. The molecule has 2 aliphatic rings. The number of amides is 1. The molecule has 1 saturated heterocycles. The first-order valence-corrected chi connectivity index (χ1v) is 9.84. The molecule has 1 amide bonds. The Hall–Kier alpha value is -2.30. The maximum absolute atomic E-state index is 12.5. The molecule has 1 aliphatic heterocycles. The van der Waals surface area contributed by atoms with Crippen LogP contribution in [0.3, 0.4) is 0 Å². The Balaban J connectivity index is 1.57. The van der Waals surface area contributed by atoms with Crippen LogP contribution in [0.15, 0.2) is 41.4 Å². The van der Waals surface area contributed by atoms with E-state index in [2.05, 4.69) is 34.7 Å². The minimum absolute atomic E-state index is 0.156. The lowest BCUT2D eigenvalue weighted by molar-refractivity contribution is 0.0724. The molecule has 1 heterocycles. The molecule has 1 aromatic carbocycles. The Kier molecular flexibility index (Phi) is 6.69. The van der Waals surface area contributed by atoms with E-state index >= 15 is 0 Å². The van der Waals surface area contributed by atoms with E-state index in [1.54, 1.807) is 0 Å². The average Bonchev–Trinajstić information content (AvgIpc) is 3.20. The monoisotopic (exact) mass is 354 g/mol. The number of piperidine rings is 1. The first kappa shape index (κ1) is 18.5. The summed E-state index contributed by atoms with van der Waals surface area (Å²) in [4.78, 5) is 19.2. The third kappa shape index (κ3) is 5.10. The smallest absolute Gasteiger partial charge is 0.253 e. The topological polar surface area (TPSA) is 56.7 Å². The fourth-order valence-electron chi connectivity index (χ4n) is 3.45.